The first kappa shape index (κ1) is 12.9. The molecule has 0 unspecified atom stereocenters. The Morgan fingerprint density at radius 3 is 2.58 bits per heavy atom. The number of rotatable bonds is 2. The Morgan fingerprint density at radius 1 is 1.00 bits per heavy atom. The first-order valence-electron chi connectivity index (χ1n) is 6.76. The zero-order chi connectivity index (χ0) is 13.2. The highest BCUT2D eigenvalue weighted by Crippen LogP contribution is 2.27. The molecule has 19 heavy (non-hydrogen) atoms. The molecule has 0 aliphatic heterocycles. The van der Waals surface area contributed by atoms with Gasteiger partial charge in [-0.1, -0.05) is 34.5 Å². The maximum absolute atomic E-state index is 9.95. The molecule has 2 aromatic carbocycles. The molecule has 1 aliphatic rings. The highest BCUT2D eigenvalue weighted by atomic mass is 79.9. The van der Waals surface area contributed by atoms with Gasteiger partial charge in [0.05, 0.1) is 6.10 Å². The molecule has 0 aromatic heterocycles. The molecule has 2 nitrogen and oxygen atoms in total. The maximum Gasteiger partial charge on any atom is 0.124 e. The predicted octanol–water partition coefficient (Wildman–Crippen LogP) is 4.28. The van der Waals surface area contributed by atoms with Gasteiger partial charge in [-0.25, -0.2) is 0 Å². The maximum atomic E-state index is 9.95. The Labute approximate surface area is 121 Å². The third kappa shape index (κ3) is 2.93. The third-order valence-corrected chi connectivity index (χ3v) is 4.22. The van der Waals surface area contributed by atoms with Crippen LogP contribution >= 0.6 is 15.9 Å². The van der Waals surface area contributed by atoms with Crippen LogP contribution in [0.5, 0.6) is 5.75 Å². The van der Waals surface area contributed by atoms with Gasteiger partial charge in [0.2, 0.25) is 0 Å². The van der Waals surface area contributed by atoms with Gasteiger partial charge in [0.15, 0.2) is 0 Å². The molecule has 100 valence electrons. The summed E-state index contributed by atoms with van der Waals surface area (Å²) in [6, 6.07) is 12.3. The highest BCUT2D eigenvalue weighted by Gasteiger charge is 2.24. The zero-order valence-corrected chi connectivity index (χ0v) is 12.3. The van der Waals surface area contributed by atoms with E-state index in [1.807, 2.05) is 18.2 Å². The van der Waals surface area contributed by atoms with E-state index in [0.29, 0.717) is 0 Å². The summed E-state index contributed by atoms with van der Waals surface area (Å²) in [6.45, 7) is 0. The van der Waals surface area contributed by atoms with E-state index in [4.69, 9.17) is 4.74 Å². The van der Waals surface area contributed by atoms with Gasteiger partial charge in [-0.15, -0.1) is 0 Å². The van der Waals surface area contributed by atoms with Gasteiger partial charge in [0.25, 0.3) is 0 Å². The van der Waals surface area contributed by atoms with Gasteiger partial charge >= 0.3 is 0 Å². The molecule has 2 atom stereocenters. The molecule has 0 bridgehead atoms. The van der Waals surface area contributed by atoms with Gasteiger partial charge in [-0.3, -0.25) is 0 Å². The minimum Gasteiger partial charge on any atom is -0.488 e. The Kier molecular flexibility index (Phi) is 3.76. The second-order valence-corrected chi connectivity index (χ2v) is 6.08. The summed E-state index contributed by atoms with van der Waals surface area (Å²) < 4.78 is 7.02. The van der Waals surface area contributed by atoms with Crippen LogP contribution in [0, 0.1) is 0 Å². The number of halogens is 1. The van der Waals surface area contributed by atoms with E-state index in [0.717, 1.165) is 41.3 Å². The van der Waals surface area contributed by atoms with Crippen LogP contribution in [0.3, 0.4) is 0 Å². The summed E-state index contributed by atoms with van der Waals surface area (Å²) in [5, 5.41) is 12.3. The number of ether oxygens (including phenoxy) is 1. The standard InChI is InChI=1S/C16H17BrO2/c17-13-7-5-12-10-14(8-6-11(12)9-13)19-16-4-2-1-3-15(16)18/h5-10,15-16,18H,1-4H2/t15-,16-/m0/s1. The van der Waals surface area contributed by atoms with Gasteiger partial charge in [0.1, 0.15) is 11.9 Å². The van der Waals surface area contributed by atoms with E-state index in [2.05, 4.69) is 34.1 Å². The molecule has 1 aliphatic carbocycles. The van der Waals surface area contributed by atoms with E-state index in [1.165, 1.54) is 5.39 Å². The van der Waals surface area contributed by atoms with Crippen LogP contribution in [0.25, 0.3) is 10.8 Å². The molecule has 3 rings (SSSR count). The topological polar surface area (TPSA) is 29.5 Å². The fourth-order valence-corrected chi connectivity index (χ4v) is 3.04. The van der Waals surface area contributed by atoms with Gasteiger partial charge in [0, 0.05) is 4.47 Å². The molecule has 1 saturated carbocycles. The smallest absolute Gasteiger partial charge is 0.124 e. The summed E-state index contributed by atoms with van der Waals surface area (Å²) in [5.74, 6) is 0.848. The van der Waals surface area contributed by atoms with Crippen LogP contribution in [0.1, 0.15) is 25.7 Å². The number of benzene rings is 2. The van der Waals surface area contributed by atoms with E-state index in [1.54, 1.807) is 0 Å². The minimum absolute atomic E-state index is 0.0540. The first-order chi connectivity index (χ1) is 9.22. The number of fused-ring (bicyclic) bond motifs is 1. The SMILES string of the molecule is O[C@H]1CCCC[C@@H]1Oc1ccc2cc(Br)ccc2c1. The fraction of sp³-hybridized carbons (Fsp3) is 0.375. The second kappa shape index (κ2) is 5.51. The zero-order valence-electron chi connectivity index (χ0n) is 10.7. The number of aliphatic hydroxyl groups is 1. The lowest BCUT2D eigenvalue weighted by Gasteiger charge is -2.28. The minimum atomic E-state index is -0.325. The third-order valence-electron chi connectivity index (χ3n) is 3.73. The molecular formula is C16H17BrO2. The molecule has 0 spiro atoms. The average molecular weight is 321 g/mol. The quantitative estimate of drug-likeness (QED) is 0.894. The number of hydrogen-bond acceptors (Lipinski definition) is 2. The summed E-state index contributed by atoms with van der Waals surface area (Å²) >= 11 is 3.47. The lowest BCUT2D eigenvalue weighted by molar-refractivity contribution is 0.00694. The van der Waals surface area contributed by atoms with Crippen LogP contribution in [-0.4, -0.2) is 17.3 Å². The lowest BCUT2D eigenvalue weighted by Crippen LogP contribution is -2.34. The molecule has 2 aromatic rings. The van der Waals surface area contributed by atoms with E-state index >= 15 is 0 Å². The van der Waals surface area contributed by atoms with Crippen LogP contribution in [0.4, 0.5) is 0 Å². The fourth-order valence-electron chi connectivity index (χ4n) is 2.66. The molecule has 0 heterocycles. The molecule has 0 radical (unpaired) electrons. The molecular weight excluding hydrogens is 304 g/mol. The lowest BCUT2D eigenvalue weighted by atomic mass is 9.95. The number of aliphatic hydroxyl groups excluding tert-OH is 1. The predicted molar refractivity (Wildman–Crippen MR) is 80.5 cm³/mol. The van der Waals surface area contributed by atoms with Crippen LogP contribution < -0.4 is 4.74 Å². The average Bonchev–Trinajstić information content (AvgIpc) is 2.41. The summed E-state index contributed by atoms with van der Waals surface area (Å²) in [5.41, 5.74) is 0. The van der Waals surface area contributed by atoms with Crippen molar-refractivity contribution in [2.45, 2.75) is 37.9 Å². The van der Waals surface area contributed by atoms with Crippen LogP contribution in [0.15, 0.2) is 40.9 Å². The van der Waals surface area contributed by atoms with Crippen molar-refractivity contribution in [3.8, 4) is 5.75 Å². The Bertz CT molecular complexity index is 582. The van der Waals surface area contributed by atoms with E-state index < -0.39 is 0 Å². The largest absolute Gasteiger partial charge is 0.488 e. The Morgan fingerprint density at radius 2 is 1.74 bits per heavy atom. The molecule has 1 N–H and O–H groups in total. The van der Waals surface area contributed by atoms with Crippen molar-refractivity contribution in [1.82, 2.24) is 0 Å². The van der Waals surface area contributed by atoms with Crippen LogP contribution in [0.2, 0.25) is 0 Å². The van der Waals surface area contributed by atoms with Gasteiger partial charge in [-0.05, 0) is 54.3 Å². The molecule has 0 saturated heterocycles. The van der Waals surface area contributed by atoms with Crippen LogP contribution in [-0.2, 0) is 0 Å². The summed E-state index contributed by atoms with van der Waals surface area (Å²) in [6.07, 6.45) is 3.66. The highest BCUT2D eigenvalue weighted by molar-refractivity contribution is 9.10. The second-order valence-electron chi connectivity index (χ2n) is 5.16. The Hall–Kier alpha value is -1.06. The van der Waals surface area contributed by atoms with Gasteiger partial charge in [-0.2, -0.15) is 0 Å². The van der Waals surface area contributed by atoms with Crippen molar-refractivity contribution < 1.29 is 9.84 Å². The summed E-state index contributed by atoms with van der Waals surface area (Å²) in [7, 11) is 0. The first-order valence-corrected chi connectivity index (χ1v) is 7.56. The van der Waals surface area contributed by atoms with Crippen molar-refractivity contribution in [1.29, 1.82) is 0 Å². The van der Waals surface area contributed by atoms with Crippen molar-refractivity contribution in [2.24, 2.45) is 0 Å². The van der Waals surface area contributed by atoms with Crippen molar-refractivity contribution in [2.75, 3.05) is 0 Å². The molecule has 3 heteroatoms. The van der Waals surface area contributed by atoms with Crippen molar-refractivity contribution >= 4 is 26.7 Å². The number of hydrogen-bond donors (Lipinski definition) is 1. The monoisotopic (exact) mass is 320 g/mol. The molecule has 0 amide bonds. The van der Waals surface area contributed by atoms with Gasteiger partial charge < -0.3 is 9.84 Å². The van der Waals surface area contributed by atoms with Crippen molar-refractivity contribution in [3.63, 3.8) is 0 Å². The van der Waals surface area contributed by atoms with E-state index in [-0.39, 0.29) is 12.2 Å². The van der Waals surface area contributed by atoms with Crippen molar-refractivity contribution in [3.05, 3.63) is 40.9 Å². The normalized spacial score (nSPS) is 23.5. The van der Waals surface area contributed by atoms with E-state index in [9.17, 15) is 5.11 Å². The molecule has 1 fully saturated rings. The summed E-state index contributed by atoms with van der Waals surface area (Å²) in [4.78, 5) is 0. The Balaban J connectivity index is 1.83.